The van der Waals surface area contributed by atoms with Crippen molar-refractivity contribution in [1.82, 2.24) is 19.6 Å². The number of rotatable bonds is 5. The quantitative estimate of drug-likeness (QED) is 0.814. The van der Waals surface area contributed by atoms with E-state index in [4.69, 9.17) is 4.74 Å². The zero-order chi connectivity index (χ0) is 18.5. The summed E-state index contributed by atoms with van der Waals surface area (Å²) in [6, 6.07) is 10.0. The number of carbonyl (C=O) groups excluding carboxylic acids is 1. The summed E-state index contributed by atoms with van der Waals surface area (Å²) >= 11 is 0. The van der Waals surface area contributed by atoms with Crippen molar-refractivity contribution in [2.24, 2.45) is 0 Å². The average molecular weight is 368 g/mol. The van der Waals surface area contributed by atoms with Gasteiger partial charge in [0.1, 0.15) is 0 Å². The fraction of sp³-hybridized carbons (Fsp3) is 0.524. The van der Waals surface area contributed by atoms with E-state index in [2.05, 4.69) is 14.9 Å². The van der Waals surface area contributed by atoms with Crippen molar-refractivity contribution in [3.05, 3.63) is 48.3 Å². The van der Waals surface area contributed by atoms with Gasteiger partial charge >= 0.3 is 0 Å². The Morgan fingerprint density at radius 2 is 2.04 bits per heavy atom. The summed E-state index contributed by atoms with van der Waals surface area (Å²) in [5, 5.41) is 4.27. The summed E-state index contributed by atoms with van der Waals surface area (Å²) in [4.78, 5) is 17.8. The maximum absolute atomic E-state index is 13.2. The molecule has 2 saturated heterocycles. The number of amides is 1. The first kappa shape index (κ1) is 18.2. The van der Waals surface area contributed by atoms with Crippen LogP contribution in [-0.2, 0) is 4.74 Å². The highest BCUT2D eigenvalue weighted by molar-refractivity contribution is 5.95. The minimum atomic E-state index is 0.149. The molecule has 1 unspecified atom stereocenters. The lowest BCUT2D eigenvalue weighted by molar-refractivity contribution is 0.0295. The Bertz CT molecular complexity index is 740. The summed E-state index contributed by atoms with van der Waals surface area (Å²) in [7, 11) is 0. The van der Waals surface area contributed by atoms with E-state index < -0.39 is 0 Å². The SMILES string of the molecule is O=C(c1cccc(-n2cccn2)c1)N1CCCCC1CCN1CCOCC1. The normalized spacial score (nSPS) is 21.3. The first-order valence-corrected chi connectivity index (χ1v) is 10.0. The van der Waals surface area contributed by atoms with E-state index in [1.54, 1.807) is 10.9 Å². The topological polar surface area (TPSA) is 50.6 Å². The minimum absolute atomic E-state index is 0.149. The van der Waals surface area contributed by atoms with E-state index in [0.717, 1.165) is 69.9 Å². The molecule has 0 saturated carbocycles. The van der Waals surface area contributed by atoms with Crippen LogP contribution < -0.4 is 0 Å². The van der Waals surface area contributed by atoms with Gasteiger partial charge in [-0.15, -0.1) is 0 Å². The standard InChI is InChI=1S/C21H28N4O2/c26-21(18-5-3-7-20(17-18)25-11-4-9-22-25)24-10-2-1-6-19(24)8-12-23-13-15-27-16-14-23/h3-5,7,9,11,17,19H,1-2,6,8,10,12-16H2. The number of morpholine rings is 1. The maximum atomic E-state index is 13.2. The van der Waals surface area contributed by atoms with E-state index in [9.17, 15) is 4.79 Å². The lowest BCUT2D eigenvalue weighted by Crippen LogP contribution is -2.46. The van der Waals surface area contributed by atoms with E-state index >= 15 is 0 Å². The van der Waals surface area contributed by atoms with E-state index in [1.807, 2.05) is 36.5 Å². The van der Waals surface area contributed by atoms with Crippen molar-refractivity contribution in [3.63, 3.8) is 0 Å². The van der Waals surface area contributed by atoms with Gasteiger partial charge in [0.05, 0.1) is 18.9 Å². The van der Waals surface area contributed by atoms with Crippen LogP contribution in [0.4, 0.5) is 0 Å². The highest BCUT2D eigenvalue weighted by Crippen LogP contribution is 2.23. The molecular weight excluding hydrogens is 340 g/mol. The Balaban J connectivity index is 1.44. The van der Waals surface area contributed by atoms with Crippen LogP contribution >= 0.6 is 0 Å². The van der Waals surface area contributed by atoms with Gasteiger partial charge in [0.15, 0.2) is 0 Å². The molecule has 1 atom stereocenters. The number of hydrogen-bond donors (Lipinski definition) is 0. The van der Waals surface area contributed by atoms with Crippen LogP contribution in [0.15, 0.2) is 42.7 Å². The molecule has 1 aromatic heterocycles. The Hall–Kier alpha value is -2.18. The van der Waals surface area contributed by atoms with E-state index in [-0.39, 0.29) is 5.91 Å². The Kier molecular flexibility index (Phi) is 5.84. The van der Waals surface area contributed by atoms with Crippen LogP contribution in [-0.4, -0.2) is 70.9 Å². The molecule has 2 aromatic rings. The molecule has 2 aliphatic heterocycles. The van der Waals surface area contributed by atoms with Gasteiger partial charge in [0, 0.05) is 50.2 Å². The zero-order valence-electron chi connectivity index (χ0n) is 15.8. The molecule has 2 aliphatic rings. The largest absolute Gasteiger partial charge is 0.379 e. The lowest BCUT2D eigenvalue weighted by atomic mass is 9.97. The second kappa shape index (κ2) is 8.67. The molecule has 4 rings (SSSR count). The van der Waals surface area contributed by atoms with Gasteiger partial charge in [-0.1, -0.05) is 6.07 Å². The summed E-state index contributed by atoms with van der Waals surface area (Å²) < 4.78 is 7.23. The second-order valence-electron chi connectivity index (χ2n) is 7.39. The third kappa shape index (κ3) is 4.39. The Labute approximate surface area is 160 Å². The highest BCUT2D eigenvalue weighted by Gasteiger charge is 2.28. The predicted molar refractivity (Wildman–Crippen MR) is 104 cm³/mol. The fourth-order valence-corrected chi connectivity index (χ4v) is 4.09. The van der Waals surface area contributed by atoms with Crippen molar-refractivity contribution < 1.29 is 9.53 Å². The first-order valence-electron chi connectivity index (χ1n) is 10.0. The predicted octanol–water partition coefficient (Wildman–Crippen LogP) is 2.59. The van der Waals surface area contributed by atoms with Crippen molar-refractivity contribution in [1.29, 1.82) is 0 Å². The summed E-state index contributed by atoms with van der Waals surface area (Å²) in [5.74, 6) is 0.149. The third-order valence-electron chi connectivity index (χ3n) is 5.63. The molecule has 6 heteroatoms. The van der Waals surface area contributed by atoms with Crippen LogP contribution in [0.3, 0.4) is 0 Å². The molecule has 0 spiro atoms. The number of nitrogens with zero attached hydrogens (tertiary/aromatic N) is 4. The number of ether oxygens (including phenoxy) is 1. The smallest absolute Gasteiger partial charge is 0.254 e. The molecule has 0 radical (unpaired) electrons. The fourth-order valence-electron chi connectivity index (χ4n) is 4.09. The molecule has 1 aromatic carbocycles. The lowest BCUT2D eigenvalue weighted by Gasteiger charge is -2.37. The number of carbonyl (C=O) groups is 1. The van der Waals surface area contributed by atoms with Crippen LogP contribution in [0.5, 0.6) is 0 Å². The summed E-state index contributed by atoms with van der Waals surface area (Å²) in [5.41, 5.74) is 1.67. The van der Waals surface area contributed by atoms with Crippen molar-refractivity contribution in [3.8, 4) is 5.69 Å². The molecule has 3 heterocycles. The van der Waals surface area contributed by atoms with Crippen LogP contribution in [0.1, 0.15) is 36.0 Å². The number of likely N-dealkylation sites (tertiary alicyclic amines) is 1. The third-order valence-corrected chi connectivity index (χ3v) is 5.63. The van der Waals surface area contributed by atoms with Gasteiger partial charge < -0.3 is 9.64 Å². The van der Waals surface area contributed by atoms with Crippen LogP contribution in [0.25, 0.3) is 5.69 Å². The highest BCUT2D eigenvalue weighted by atomic mass is 16.5. The maximum Gasteiger partial charge on any atom is 0.254 e. The number of hydrogen-bond acceptors (Lipinski definition) is 4. The zero-order valence-corrected chi connectivity index (χ0v) is 15.8. The second-order valence-corrected chi connectivity index (χ2v) is 7.39. The summed E-state index contributed by atoms with van der Waals surface area (Å²) in [6.45, 7) is 5.57. The molecule has 1 amide bonds. The molecule has 0 N–H and O–H groups in total. The number of piperidine rings is 1. The minimum Gasteiger partial charge on any atom is -0.379 e. The van der Waals surface area contributed by atoms with Gasteiger partial charge in [-0.05, 0) is 49.9 Å². The average Bonchev–Trinajstić information content (AvgIpc) is 3.28. The van der Waals surface area contributed by atoms with Crippen LogP contribution in [0.2, 0.25) is 0 Å². The van der Waals surface area contributed by atoms with Crippen molar-refractivity contribution in [2.45, 2.75) is 31.7 Å². The van der Waals surface area contributed by atoms with E-state index in [1.165, 1.54) is 6.42 Å². The molecular formula is C21H28N4O2. The molecule has 2 fully saturated rings. The number of aromatic nitrogens is 2. The van der Waals surface area contributed by atoms with Crippen molar-refractivity contribution in [2.75, 3.05) is 39.4 Å². The first-order chi connectivity index (χ1) is 13.3. The van der Waals surface area contributed by atoms with Gasteiger partial charge in [0.25, 0.3) is 5.91 Å². The molecule has 0 bridgehead atoms. The molecule has 144 valence electrons. The molecule has 27 heavy (non-hydrogen) atoms. The van der Waals surface area contributed by atoms with Gasteiger partial charge in [-0.2, -0.15) is 5.10 Å². The Morgan fingerprint density at radius 1 is 1.15 bits per heavy atom. The molecule has 6 nitrogen and oxygen atoms in total. The van der Waals surface area contributed by atoms with Gasteiger partial charge in [-0.25, -0.2) is 4.68 Å². The van der Waals surface area contributed by atoms with Gasteiger partial charge in [0.2, 0.25) is 0 Å². The Morgan fingerprint density at radius 3 is 2.85 bits per heavy atom. The van der Waals surface area contributed by atoms with Crippen LogP contribution in [0, 0.1) is 0 Å². The molecule has 0 aliphatic carbocycles. The van der Waals surface area contributed by atoms with Crippen molar-refractivity contribution >= 4 is 5.91 Å². The summed E-state index contributed by atoms with van der Waals surface area (Å²) in [6.07, 6.45) is 8.11. The van der Waals surface area contributed by atoms with Gasteiger partial charge in [-0.3, -0.25) is 9.69 Å². The monoisotopic (exact) mass is 368 g/mol. The number of benzene rings is 1. The van der Waals surface area contributed by atoms with E-state index in [0.29, 0.717) is 6.04 Å².